The SMILES string of the molecule is C=CC(=O)N1CCC(F)C1.Cn1nc(C2CCc3cc(F)ccc3C2)c(C(N)=O)c1N. The van der Waals surface area contributed by atoms with E-state index >= 15 is 0 Å². The molecular formula is C22H27F2N5O2. The van der Waals surface area contributed by atoms with Crippen molar-refractivity contribution in [3.05, 3.63) is 59.1 Å². The van der Waals surface area contributed by atoms with E-state index in [1.807, 2.05) is 0 Å². The molecule has 2 heterocycles. The molecule has 31 heavy (non-hydrogen) atoms. The maximum atomic E-state index is 13.2. The van der Waals surface area contributed by atoms with Crippen molar-refractivity contribution in [2.24, 2.45) is 12.8 Å². The van der Waals surface area contributed by atoms with Crippen LogP contribution in [0.25, 0.3) is 0 Å². The lowest BCUT2D eigenvalue weighted by atomic mass is 9.81. The first-order valence-corrected chi connectivity index (χ1v) is 10.2. The number of halogens is 2. The second-order valence-corrected chi connectivity index (χ2v) is 7.86. The average molecular weight is 431 g/mol. The number of rotatable bonds is 3. The molecular weight excluding hydrogens is 404 g/mol. The van der Waals surface area contributed by atoms with Crippen LogP contribution >= 0.6 is 0 Å². The number of hydrogen-bond donors (Lipinski definition) is 2. The summed E-state index contributed by atoms with van der Waals surface area (Å²) in [6.45, 7) is 4.09. The minimum absolute atomic E-state index is 0.0777. The van der Waals surface area contributed by atoms with E-state index < -0.39 is 12.1 Å². The number of hydrogen-bond acceptors (Lipinski definition) is 4. The Balaban J connectivity index is 0.000000229. The van der Waals surface area contributed by atoms with E-state index in [1.165, 1.54) is 21.7 Å². The minimum atomic E-state index is -0.830. The highest BCUT2D eigenvalue weighted by atomic mass is 19.1. The number of alkyl halides is 1. The highest BCUT2D eigenvalue weighted by Crippen LogP contribution is 2.35. The molecule has 9 heteroatoms. The van der Waals surface area contributed by atoms with E-state index in [0.717, 1.165) is 24.0 Å². The maximum Gasteiger partial charge on any atom is 0.254 e. The third-order valence-electron chi connectivity index (χ3n) is 5.77. The highest BCUT2D eigenvalue weighted by Gasteiger charge is 2.29. The molecule has 7 nitrogen and oxygen atoms in total. The van der Waals surface area contributed by atoms with E-state index in [-0.39, 0.29) is 24.2 Å². The van der Waals surface area contributed by atoms with Crippen LogP contribution in [-0.4, -0.2) is 45.8 Å². The zero-order chi connectivity index (χ0) is 22.7. The fourth-order valence-electron chi connectivity index (χ4n) is 4.10. The molecule has 2 unspecified atom stereocenters. The summed E-state index contributed by atoms with van der Waals surface area (Å²) in [7, 11) is 1.69. The minimum Gasteiger partial charge on any atom is -0.383 e. The number of carbonyl (C=O) groups excluding carboxylic acids is 2. The lowest BCUT2D eigenvalue weighted by Crippen LogP contribution is -2.26. The number of anilines is 1. The number of aromatic nitrogens is 2. The Morgan fingerprint density at radius 1 is 1.29 bits per heavy atom. The number of benzene rings is 1. The van der Waals surface area contributed by atoms with Crippen LogP contribution in [0.1, 0.15) is 45.9 Å². The predicted molar refractivity (Wildman–Crippen MR) is 114 cm³/mol. The molecule has 1 aliphatic heterocycles. The highest BCUT2D eigenvalue weighted by molar-refractivity contribution is 5.98. The van der Waals surface area contributed by atoms with Crippen LogP contribution in [0.5, 0.6) is 0 Å². The molecule has 0 saturated carbocycles. The molecule has 4 rings (SSSR count). The first-order chi connectivity index (χ1) is 14.7. The lowest BCUT2D eigenvalue weighted by Gasteiger charge is -2.23. The average Bonchev–Trinajstić information content (AvgIpc) is 3.30. The summed E-state index contributed by atoms with van der Waals surface area (Å²) < 4.78 is 27.2. The summed E-state index contributed by atoms with van der Waals surface area (Å²) in [5, 5.41) is 4.36. The second-order valence-electron chi connectivity index (χ2n) is 7.86. The van der Waals surface area contributed by atoms with Gasteiger partial charge >= 0.3 is 0 Å². The van der Waals surface area contributed by atoms with E-state index in [9.17, 15) is 18.4 Å². The Morgan fingerprint density at radius 2 is 2.03 bits per heavy atom. The van der Waals surface area contributed by atoms with Crippen molar-refractivity contribution in [3.8, 4) is 0 Å². The van der Waals surface area contributed by atoms with Gasteiger partial charge in [-0.25, -0.2) is 8.78 Å². The number of likely N-dealkylation sites (tertiary alicyclic amines) is 1. The van der Waals surface area contributed by atoms with Gasteiger partial charge in [0.2, 0.25) is 5.91 Å². The zero-order valence-corrected chi connectivity index (χ0v) is 17.5. The molecule has 166 valence electrons. The topological polar surface area (TPSA) is 107 Å². The van der Waals surface area contributed by atoms with Gasteiger partial charge in [0, 0.05) is 19.5 Å². The number of nitrogens with two attached hydrogens (primary N) is 2. The third-order valence-corrected chi connectivity index (χ3v) is 5.77. The van der Waals surface area contributed by atoms with Gasteiger partial charge in [0.25, 0.3) is 5.91 Å². The van der Waals surface area contributed by atoms with Crippen LogP contribution in [-0.2, 0) is 24.7 Å². The quantitative estimate of drug-likeness (QED) is 0.727. The maximum absolute atomic E-state index is 13.2. The molecule has 0 spiro atoms. The first-order valence-electron chi connectivity index (χ1n) is 10.2. The molecule has 1 fully saturated rings. The normalized spacial score (nSPS) is 19.9. The Bertz CT molecular complexity index is 1000. The summed E-state index contributed by atoms with van der Waals surface area (Å²) in [6, 6.07) is 4.84. The van der Waals surface area contributed by atoms with Gasteiger partial charge in [-0.2, -0.15) is 5.10 Å². The summed E-state index contributed by atoms with van der Waals surface area (Å²) >= 11 is 0. The molecule has 2 atom stereocenters. The third kappa shape index (κ3) is 4.92. The molecule has 2 aliphatic rings. The number of carbonyl (C=O) groups is 2. The van der Waals surface area contributed by atoms with Gasteiger partial charge in [0.05, 0.1) is 12.2 Å². The fraction of sp³-hybridized carbons (Fsp3) is 0.409. The van der Waals surface area contributed by atoms with Crippen molar-refractivity contribution < 1.29 is 18.4 Å². The van der Waals surface area contributed by atoms with Crippen molar-refractivity contribution >= 4 is 17.6 Å². The van der Waals surface area contributed by atoms with Crippen molar-refractivity contribution in [3.63, 3.8) is 0 Å². The fourth-order valence-corrected chi connectivity index (χ4v) is 4.10. The largest absolute Gasteiger partial charge is 0.383 e. The van der Waals surface area contributed by atoms with Crippen LogP contribution in [0.3, 0.4) is 0 Å². The van der Waals surface area contributed by atoms with Gasteiger partial charge in [-0.05, 0) is 55.0 Å². The Labute approximate surface area is 179 Å². The van der Waals surface area contributed by atoms with Gasteiger partial charge in [-0.15, -0.1) is 0 Å². The molecule has 0 bridgehead atoms. The van der Waals surface area contributed by atoms with Gasteiger partial charge in [0.15, 0.2) is 0 Å². The van der Waals surface area contributed by atoms with E-state index in [0.29, 0.717) is 36.5 Å². The predicted octanol–water partition coefficient (Wildman–Crippen LogP) is 2.26. The Kier molecular flexibility index (Phi) is 6.72. The van der Waals surface area contributed by atoms with Crippen LogP contribution in [0.2, 0.25) is 0 Å². The summed E-state index contributed by atoms with van der Waals surface area (Å²) in [6.07, 6.45) is 3.13. The molecule has 1 saturated heterocycles. The summed E-state index contributed by atoms with van der Waals surface area (Å²) in [5.41, 5.74) is 14.4. The number of fused-ring (bicyclic) bond motifs is 1. The molecule has 1 aromatic carbocycles. The summed E-state index contributed by atoms with van der Waals surface area (Å²) in [4.78, 5) is 23.9. The van der Waals surface area contributed by atoms with Crippen LogP contribution in [0, 0.1) is 5.82 Å². The van der Waals surface area contributed by atoms with Crippen molar-refractivity contribution in [2.75, 3.05) is 18.8 Å². The molecule has 2 amide bonds. The lowest BCUT2D eigenvalue weighted by molar-refractivity contribution is -0.125. The molecule has 2 aromatic rings. The Hall–Kier alpha value is -3.23. The van der Waals surface area contributed by atoms with Gasteiger partial charge in [-0.3, -0.25) is 14.3 Å². The van der Waals surface area contributed by atoms with Crippen LogP contribution < -0.4 is 11.5 Å². The van der Waals surface area contributed by atoms with E-state index in [1.54, 1.807) is 19.2 Å². The number of nitrogens with zero attached hydrogens (tertiary/aromatic N) is 3. The van der Waals surface area contributed by atoms with Crippen molar-refractivity contribution in [2.45, 2.75) is 37.8 Å². The molecule has 1 aliphatic carbocycles. The number of aryl methyl sites for hydroxylation is 2. The van der Waals surface area contributed by atoms with E-state index in [4.69, 9.17) is 11.5 Å². The van der Waals surface area contributed by atoms with Gasteiger partial charge in [0.1, 0.15) is 23.4 Å². The van der Waals surface area contributed by atoms with Crippen LogP contribution in [0.15, 0.2) is 30.9 Å². The zero-order valence-electron chi connectivity index (χ0n) is 17.5. The standard InChI is InChI=1S/C15H17FN4O.C7H10FNO/c1-20-14(17)12(15(18)21)13(19-20)10-3-2-9-7-11(16)5-4-8(9)6-10;1-2-7(10)9-4-3-6(8)5-9/h4-5,7,10H,2-3,6,17H2,1H3,(H2,18,21);2,6H,1,3-5H2. The smallest absolute Gasteiger partial charge is 0.254 e. The number of nitrogen functional groups attached to an aromatic ring is 1. The Morgan fingerprint density at radius 3 is 2.65 bits per heavy atom. The second kappa shape index (κ2) is 9.28. The molecule has 4 N–H and O–H groups in total. The van der Waals surface area contributed by atoms with Crippen molar-refractivity contribution in [1.82, 2.24) is 14.7 Å². The van der Waals surface area contributed by atoms with E-state index in [2.05, 4.69) is 11.7 Å². The molecule has 1 aromatic heterocycles. The number of primary amides is 1. The van der Waals surface area contributed by atoms with Gasteiger partial charge < -0.3 is 16.4 Å². The molecule has 0 radical (unpaired) electrons. The monoisotopic (exact) mass is 431 g/mol. The summed E-state index contributed by atoms with van der Waals surface area (Å²) in [5.74, 6) is -0.566. The first kappa shape index (κ1) is 22.5. The van der Waals surface area contributed by atoms with Crippen molar-refractivity contribution in [1.29, 1.82) is 0 Å². The van der Waals surface area contributed by atoms with Gasteiger partial charge in [-0.1, -0.05) is 12.6 Å². The van der Waals surface area contributed by atoms with Crippen LogP contribution in [0.4, 0.5) is 14.6 Å². The number of amides is 2.